The first-order chi connectivity index (χ1) is 34.8. The van der Waals surface area contributed by atoms with Crippen molar-refractivity contribution in [2.24, 2.45) is 0 Å². The summed E-state index contributed by atoms with van der Waals surface area (Å²) in [4.78, 5) is 0. The molecule has 3 heterocycles. The van der Waals surface area contributed by atoms with Crippen molar-refractivity contribution in [1.82, 2.24) is 13.7 Å². The molecule has 4 heteroatoms. The van der Waals surface area contributed by atoms with Crippen LogP contribution in [0.3, 0.4) is 0 Å². The van der Waals surface area contributed by atoms with E-state index in [1.165, 1.54) is 86.3 Å². The van der Waals surface area contributed by atoms with E-state index in [1.54, 1.807) is 0 Å². The molecule has 0 atom stereocenters. The molecule has 0 aliphatic heterocycles. The molecule has 14 rings (SSSR count). The lowest BCUT2D eigenvalue weighted by atomic mass is 10.0. The minimum Gasteiger partial charge on any atom is -0.309 e. The minimum absolute atomic E-state index is 1.11. The van der Waals surface area contributed by atoms with E-state index in [0.29, 0.717) is 0 Å². The standard InChI is InChI=1S/C66H45N3Si/c1-5-22-46(23-6-1)52-30-13-17-34-58(52)69-64-39-21-38-63(68-60-36-19-14-31-53(60)54-32-15-20-37-61(54)68)66(64)56-42-40-47(44-65(56)69)67-59-35-18-16-33-55(59)57-45-51(41-43-62(57)67)70(48-24-7-2-8-25-48,49-26-9-3-10-27-49)50-28-11-4-12-29-50/h1-45H. The normalized spacial score (nSPS) is 12.0. The van der Waals surface area contributed by atoms with Crippen LogP contribution in [-0.2, 0) is 0 Å². The molecule has 0 aliphatic carbocycles. The third kappa shape index (κ3) is 5.94. The summed E-state index contributed by atoms with van der Waals surface area (Å²) >= 11 is 0. The number of para-hydroxylation sites is 4. The molecule has 0 bridgehead atoms. The number of fused-ring (bicyclic) bond motifs is 9. The van der Waals surface area contributed by atoms with E-state index in [1.807, 2.05) is 0 Å². The van der Waals surface area contributed by atoms with Crippen LogP contribution in [0.15, 0.2) is 273 Å². The van der Waals surface area contributed by atoms with Gasteiger partial charge in [-0.3, -0.25) is 0 Å². The van der Waals surface area contributed by atoms with Gasteiger partial charge in [-0.15, -0.1) is 0 Å². The van der Waals surface area contributed by atoms with Crippen molar-refractivity contribution >= 4 is 94.2 Å². The quantitative estimate of drug-likeness (QED) is 0.107. The summed E-state index contributed by atoms with van der Waals surface area (Å²) < 4.78 is 7.48. The Bertz CT molecular complexity index is 4130. The Kier molecular flexibility index (Phi) is 9.23. The summed E-state index contributed by atoms with van der Waals surface area (Å²) in [5.41, 5.74) is 12.8. The van der Waals surface area contributed by atoms with E-state index in [-0.39, 0.29) is 0 Å². The average molecular weight is 908 g/mol. The van der Waals surface area contributed by atoms with Crippen molar-refractivity contribution in [2.75, 3.05) is 0 Å². The first-order valence-corrected chi connectivity index (χ1v) is 26.2. The SMILES string of the molecule is c1ccc(-c2ccccc2-n2c3cc(-n4c5ccccc5c5cc([Si](c6ccccc6)(c6ccccc6)c6ccccc6)ccc54)ccc3c3c(-n4c5ccccc5c5ccccc54)cccc32)cc1. The predicted molar refractivity (Wildman–Crippen MR) is 299 cm³/mol. The maximum atomic E-state index is 2.52. The lowest BCUT2D eigenvalue weighted by Crippen LogP contribution is -2.74. The summed E-state index contributed by atoms with van der Waals surface area (Å²) in [6.07, 6.45) is 0. The van der Waals surface area contributed by atoms with Crippen molar-refractivity contribution in [3.05, 3.63) is 273 Å². The molecule has 70 heavy (non-hydrogen) atoms. The molecule has 0 aliphatic rings. The lowest BCUT2D eigenvalue weighted by Gasteiger charge is -2.34. The molecule has 11 aromatic carbocycles. The van der Waals surface area contributed by atoms with Crippen molar-refractivity contribution < 1.29 is 0 Å². The molecule has 0 amide bonds. The minimum atomic E-state index is -2.79. The van der Waals surface area contributed by atoms with Crippen LogP contribution in [0, 0.1) is 0 Å². The van der Waals surface area contributed by atoms with Gasteiger partial charge in [-0.2, -0.15) is 0 Å². The second kappa shape index (κ2) is 16.1. The molecule has 0 saturated carbocycles. The van der Waals surface area contributed by atoms with Crippen molar-refractivity contribution in [3.63, 3.8) is 0 Å². The third-order valence-electron chi connectivity index (χ3n) is 14.8. The van der Waals surface area contributed by atoms with Gasteiger partial charge in [0.15, 0.2) is 8.07 Å². The monoisotopic (exact) mass is 907 g/mol. The van der Waals surface area contributed by atoms with Gasteiger partial charge in [0, 0.05) is 43.6 Å². The fourth-order valence-electron chi connectivity index (χ4n) is 11.9. The van der Waals surface area contributed by atoms with Crippen molar-refractivity contribution in [2.45, 2.75) is 0 Å². The fraction of sp³-hybridized carbons (Fsp3) is 0. The number of rotatable bonds is 8. The van der Waals surface area contributed by atoms with Gasteiger partial charge in [0.1, 0.15) is 0 Å². The Hall–Kier alpha value is -8.96. The van der Waals surface area contributed by atoms with Crippen LogP contribution in [-0.4, -0.2) is 21.8 Å². The highest BCUT2D eigenvalue weighted by molar-refractivity contribution is 7.20. The highest BCUT2D eigenvalue weighted by Crippen LogP contribution is 2.43. The first-order valence-electron chi connectivity index (χ1n) is 24.2. The highest BCUT2D eigenvalue weighted by atomic mass is 28.3. The summed E-state index contributed by atoms with van der Waals surface area (Å²) in [7, 11) is -2.79. The van der Waals surface area contributed by atoms with E-state index in [4.69, 9.17) is 0 Å². The molecule has 3 nitrogen and oxygen atoms in total. The fourth-order valence-corrected chi connectivity index (χ4v) is 16.7. The van der Waals surface area contributed by atoms with E-state index in [9.17, 15) is 0 Å². The van der Waals surface area contributed by atoms with Gasteiger partial charge in [0.2, 0.25) is 0 Å². The summed E-state index contributed by atoms with van der Waals surface area (Å²) in [6, 6.07) is 101. The van der Waals surface area contributed by atoms with Crippen molar-refractivity contribution in [1.29, 1.82) is 0 Å². The molecule has 0 spiro atoms. The second-order valence-corrected chi connectivity index (χ2v) is 22.2. The smallest absolute Gasteiger partial charge is 0.179 e. The largest absolute Gasteiger partial charge is 0.309 e. The zero-order valence-corrected chi connectivity index (χ0v) is 39.3. The van der Waals surface area contributed by atoms with Gasteiger partial charge in [0.25, 0.3) is 0 Å². The van der Waals surface area contributed by atoms with Gasteiger partial charge in [-0.25, -0.2) is 0 Å². The molecule has 3 aromatic heterocycles. The van der Waals surface area contributed by atoms with Crippen LogP contribution in [0.1, 0.15) is 0 Å². The molecular weight excluding hydrogens is 863 g/mol. The number of hydrogen-bond donors (Lipinski definition) is 0. The maximum absolute atomic E-state index is 2.79. The Morgan fingerprint density at radius 1 is 0.243 bits per heavy atom. The third-order valence-corrected chi connectivity index (χ3v) is 19.6. The van der Waals surface area contributed by atoms with Crippen molar-refractivity contribution in [3.8, 4) is 28.2 Å². The van der Waals surface area contributed by atoms with Crippen LogP contribution in [0.4, 0.5) is 0 Å². The molecule has 0 saturated heterocycles. The van der Waals surface area contributed by atoms with E-state index >= 15 is 0 Å². The molecule has 328 valence electrons. The summed E-state index contributed by atoms with van der Waals surface area (Å²) in [5, 5.41) is 12.9. The van der Waals surface area contributed by atoms with Gasteiger partial charge >= 0.3 is 0 Å². The van der Waals surface area contributed by atoms with Crippen LogP contribution in [0.2, 0.25) is 0 Å². The van der Waals surface area contributed by atoms with Crippen LogP contribution in [0.5, 0.6) is 0 Å². The zero-order valence-electron chi connectivity index (χ0n) is 38.3. The van der Waals surface area contributed by atoms with Crippen LogP contribution in [0.25, 0.3) is 93.6 Å². The number of aromatic nitrogens is 3. The molecule has 0 N–H and O–H groups in total. The van der Waals surface area contributed by atoms with Gasteiger partial charge in [0.05, 0.1) is 44.5 Å². The maximum Gasteiger partial charge on any atom is 0.179 e. The van der Waals surface area contributed by atoms with E-state index in [0.717, 1.165) is 28.1 Å². The van der Waals surface area contributed by atoms with Crippen LogP contribution < -0.4 is 20.7 Å². The van der Waals surface area contributed by atoms with Gasteiger partial charge < -0.3 is 13.7 Å². The number of hydrogen-bond acceptors (Lipinski definition) is 0. The predicted octanol–water partition coefficient (Wildman–Crippen LogP) is 14.0. The van der Waals surface area contributed by atoms with Gasteiger partial charge in [-0.1, -0.05) is 218 Å². The summed E-state index contributed by atoms with van der Waals surface area (Å²) in [6.45, 7) is 0. The van der Waals surface area contributed by atoms with Gasteiger partial charge in [-0.05, 0) is 80.9 Å². The molecule has 14 aromatic rings. The Labute approximate surface area is 407 Å². The first kappa shape index (κ1) is 40.1. The number of nitrogens with zero attached hydrogens (tertiary/aromatic N) is 3. The highest BCUT2D eigenvalue weighted by Gasteiger charge is 2.41. The second-order valence-electron chi connectivity index (χ2n) is 18.4. The Balaban J connectivity index is 1.06. The zero-order chi connectivity index (χ0) is 46.2. The topological polar surface area (TPSA) is 14.8 Å². The van der Waals surface area contributed by atoms with E-state index < -0.39 is 8.07 Å². The molecule has 0 unspecified atom stereocenters. The van der Waals surface area contributed by atoms with Crippen LogP contribution >= 0.6 is 0 Å². The average Bonchev–Trinajstić information content (AvgIpc) is 4.08. The molecule has 0 fully saturated rings. The summed E-state index contributed by atoms with van der Waals surface area (Å²) in [5.74, 6) is 0. The molecule has 0 radical (unpaired) electrons. The Morgan fingerprint density at radius 2 is 0.700 bits per heavy atom. The Morgan fingerprint density at radius 3 is 1.31 bits per heavy atom. The number of benzene rings is 11. The van der Waals surface area contributed by atoms with E-state index in [2.05, 4.69) is 287 Å². The lowest BCUT2D eigenvalue weighted by molar-refractivity contribution is 1.15. The molecular formula is C66H45N3Si.